The Morgan fingerprint density at radius 2 is 2.00 bits per heavy atom. The highest BCUT2D eigenvalue weighted by atomic mass is 19.1. The van der Waals surface area contributed by atoms with E-state index in [9.17, 15) is 9.18 Å². The fourth-order valence-corrected chi connectivity index (χ4v) is 1.51. The average Bonchev–Trinajstić information content (AvgIpc) is 2.32. The van der Waals surface area contributed by atoms with Crippen molar-refractivity contribution < 1.29 is 9.18 Å². The molecule has 0 atom stereocenters. The molecule has 1 aromatic carbocycles. The highest BCUT2D eigenvalue weighted by molar-refractivity contribution is 5.76. The molecule has 0 aliphatic rings. The lowest BCUT2D eigenvalue weighted by Crippen LogP contribution is -2.29. The molecule has 0 radical (unpaired) electrons. The van der Waals surface area contributed by atoms with E-state index in [1.807, 2.05) is 6.92 Å². The van der Waals surface area contributed by atoms with E-state index in [1.54, 1.807) is 24.1 Å². The maximum absolute atomic E-state index is 12.7. The molecule has 0 bridgehead atoms. The molecule has 0 aliphatic carbocycles. The minimum absolute atomic E-state index is 0.0928. The zero-order chi connectivity index (χ0) is 12.7. The molecule has 4 heteroatoms. The summed E-state index contributed by atoms with van der Waals surface area (Å²) in [4.78, 5) is 13.4. The molecule has 1 aromatic rings. The quantitative estimate of drug-likeness (QED) is 0.766. The van der Waals surface area contributed by atoms with Crippen LogP contribution >= 0.6 is 0 Å². The summed E-state index contributed by atoms with van der Waals surface area (Å²) in [6.07, 6.45) is 0.492. The van der Waals surface area contributed by atoms with Crippen LogP contribution in [0.3, 0.4) is 0 Å². The topological polar surface area (TPSA) is 32.3 Å². The van der Waals surface area contributed by atoms with E-state index < -0.39 is 0 Å². The second-order valence-corrected chi connectivity index (χ2v) is 3.98. The number of amides is 1. The van der Waals surface area contributed by atoms with E-state index in [0.717, 1.165) is 12.1 Å². The summed E-state index contributed by atoms with van der Waals surface area (Å²) in [7, 11) is 1.76. The highest BCUT2D eigenvalue weighted by Gasteiger charge is 2.08. The molecule has 1 rings (SSSR count). The van der Waals surface area contributed by atoms with Crippen molar-refractivity contribution in [3.63, 3.8) is 0 Å². The summed E-state index contributed by atoms with van der Waals surface area (Å²) in [5, 5.41) is 3.11. The van der Waals surface area contributed by atoms with Crippen molar-refractivity contribution in [2.24, 2.45) is 0 Å². The lowest BCUT2D eigenvalue weighted by Gasteiger charge is -2.17. The van der Waals surface area contributed by atoms with E-state index in [2.05, 4.69) is 5.32 Å². The van der Waals surface area contributed by atoms with E-state index in [-0.39, 0.29) is 11.7 Å². The molecule has 0 heterocycles. The van der Waals surface area contributed by atoms with Gasteiger partial charge in [0, 0.05) is 26.6 Å². The lowest BCUT2D eigenvalue weighted by atomic mass is 10.2. The summed E-state index contributed by atoms with van der Waals surface area (Å²) in [6, 6.07) is 6.21. The fraction of sp³-hybridized carbons (Fsp3) is 0.462. The molecule has 3 nitrogen and oxygen atoms in total. The Labute approximate surface area is 102 Å². The average molecular weight is 238 g/mol. The molecule has 0 saturated carbocycles. The van der Waals surface area contributed by atoms with Crippen LogP contribution in [0.15, 0.2) is 24.3 Å². The van der Waals surface area contributed by atoms with Crippen LogP contribution in [-0.2, 0) is 11.3 Å². The number of hydrogen-bond acceptors (Lipinski definition) is 2. The van der Waals surface area contributed by atoms with Gasteiger partial charge in [-0.2, -0.15) is 0 Å². The highest BCUT2D eigenvalue weighted by Crippen LogP contribution is 2.06. The third-order valence-electron chi connectivity index (χ3n) is 2.52. The van der Waals surface area contributed by atoms with E-state index in [1.165, 1.54) is 12.1 Å². The predicted octanol–water partition coefficient (Wildman–Crippen LogP) is 1.78. The Kier molecular flexibility index (Phi) is 5.63. The Hall–Kier alpha value is -1.42. The molecule has 0 saturated heterocycles. The number of carbonyl (C=O) groups is 1. The molecule has 0 aliphatic heterocycles. The van der Waals surface area contributed by atoms with Crippen molar-refractivity contribution in [3.8, 4) is 0 Å². The molecule has 0 unspecified atom stereocenters. The summed E-state index contributed by atoms with van der Waals surface area (Å²) in [6.45, 7) is 4.09. The normalized spacial score (nSPS) is 10.3. The SMILES string of the molecule is CCNCCC(=O)N(C)Cc1ccc(F)cc1. The number of nitrogens with one attached hydrogen (secondary N) is 1. The van der Waals surface area contributed by atoms with Gasteiger partial charge in [0.05, 0.1) is 0 Å². The van der Waals surface area contributed by atoms with Gasteiger partial charge in [0.25, 0.3) is 0 Å². The summed E-state index contributed by atoms with van der Waals surface area (Å²) >= 11 is 0. The minimum Gasteiger partial charge on any atom is -0.341 e. The van der Waals surface area contributed by atoms with Crippen molar-refractivity contribution in [1.82, 2.24) is 10.2 Å². The van der Waals surface area contributed by atoms with Gasteiger partial charge in [-0.25, -0.2) is 4.39 Å². The number of carbonyl (C=O) groups excluding carboxylic acids is 1. The summed E-state index contributed by atoms with van der Waals surface area (Å²) < 4.78 is 12.7. The number of rotatable bonds is 6. The Morgan fingerprint density at radius 3 is 2.59 bits per heavy atom. The fourth-order valence-electron chi connectivity index (χ4n) is 1.51. The number of hydrogen-bond donors (Lipinski definition) is 1. The van der Waals surface area contributed by atoms with Crippen LogP contribution in [0.25, 0.3) is 0 Å². The van der Waals surface area contributed by atoms with Crippen LogP contribution in [0, 0.1) is 5.82 Å². The zero-order valence-corrected chi connectivity index (χ0v) is 10.4. The first-order valence-corrected chi connectivity index (χ1v) is 5.82. The van der Waals surface area contributed by atoms with Gasteiger partial charge in [-0.1, -0.05) is 19.1 Å². The van der Waals surface area contributed by atoms with Gasteiger partial charge in [-0.3, -0.25) is 4.79 Å². The van der Waals surface area contributed by atoms with E-state index >= 15 is 0 Å². The van der Waals surface area contributed by atoms with E-state index in [4.69, 9.17) is 0 Å². The van der Waals surface area contributed by atoms with Gasteiger partial charge < -0.3 is 10.2 Å². The molecule has 1 amide bonds. The Balaban J connectivity index is 2.40. The van der Waals surface area contributed by atoms with Crippen molar-refractivity contribution in [2.75, 3.05) is 20.1 Å². The van der Waals surface area contributed by atoms with Crippen LogP contribution in [0.1, 0.15) is 18.9 Å². The van der Waals surface area contributed by atoms with Gasteiger partial charge >= 0.3 is 0 Å². The van der Waals surface area contributed by atoms with Gasteiger partial charge in [0.15, 0.2) is 0 Å². The molecular formula is C13H19FN2O. The van der Waals surface area contributed by atoms with Gasteiger partial charge in [-0.15, -0.1) is 0 Å². The summed E-state index contributed by atoms with van der Waals surface area (Å²) in [5.74, 6) is -0.162. The predicted molar refractivity (Wildman–Crippen MR) is 66.0 cm³/mol. The maximum atomic E-state index is 12.7. The maximum Gasteiger partial charge on any atom is 0.223 e. The van der Waals surface area contributed by atoms with Crippen LogP contribution in [0.5, 0.6) is 0 Å². The first-order valence-electron chi connectivity index (χ1n) is 5.82. The molecule has 94 valence electrons. The van der Waals surface area contributed by atoms with Crippen molar-refractivity contribution in [1.29, 1.82) is 0 Å². The second kappa shape index (κ2) is 7.01. The molecular weight excluding hydrogens is 219 g/mol. The molecule has 0 fully saturated rings. The minimum atomic E-state index is -0.255. The van der Waals surface area contributed by atoms with Gasteiger partial charge in [0.2, 0.25) is 5.91 Å². The largest absolute Gasteiger partial charge is 0.341 e. The van der Waals surface area contributed by atoms with Crippen LogP contribution in [0.2, 0.25) is 0 Å². The number of benzene rings is 1. The smallest absolute Gasteiger partial charge is 0.223 e. The monoisotopic (exact) mass is 238 g/mol. The summed E-state index contributed by atoms with van der Waals surface area (Å²) in [5.41, 5.74) is 0.936. The van der Waals surface area contributed by atoms with Crippen LogP contribution < -0.4 is 5.32 Å². The van der Waals surface area contributed by atoms with Crippen molar-refractivity contribution in [2.45, 2.75) is 19.9 Å². The zero-order valence-electron chi connectivity index (χ0n) is 10.4. The van der Waals surface area contributed by atoms with Crippen molar-refractivity contribution in [3.05, 3.63) is 35.6 Å². The number of halogens is 1. The Morgan fingerprint density at radius 1 is 1.35 bits per heavy atom. The van der Waals surface area contributed by atoms with Gasteiger partial charge in [0.1, 0.15) is 5.82 Å². The van der Waals surface area contributed by atoms with Crippen molar-refractivity contribution >= 4 is 5.91 Å². The third-order valence-corrected chi connectivity index (χ3v) is 2.52. The van der Waals surface area contributed by atoms with Crippen LogP contribution in [-0.4, -0.2) is 30.9 Å². The first-order chi connectivity index (χ1) is 8.13. The molecule has 17 heavy (non-hydrogen) atoms. The number of nitrogens with zero attached hydrogens (tertiary/aromatic N) is 1. The third kappa shape index (κ3) is 4.95. The Bertz CT molecular complexity index is 351. The van der Waals surface area contributed by atoms with E-state index in [0.29, 0.717) is 19.5 Å². The molecule has 1 N–H and O–H groups in total. The molecule has 0 aromatic heterocycles. The van der Waals surface area contributed by atoms with Gasteiger partial charge in [-0.05, 0) is 24.2 Å². The second-order valence-electron chi connectivity index (χ2n) is 3.98. The lowest BCUT2D eigenvalue weighted by molar-refractivity contribution is -0.130. The van der Waals surface area contributed by atoms with Crippen LogP contribution in [0.4, 0.5) is 4.39 Å². The standard InChI is InChI=1S/C13H19FN2O/c1-3-15-9-8-13(17)16(2)10-11-4-6-12(14)7-5-11/h4-7,15H,3,8-10H2,1-2H3. The first kappa shape index (κ1) is 13.6. The molecule has 0 spiro atoms.